The fourth-order valence-corrected chi connectivity index (χ4v) is 1.82. The van der Waals surface area contributed by atoms with Gasteiger partial charge in [-0.05, 0) is 17.2 Å². The molecule has 20 heavy (non-hydrogen) atoms. The lowest BCUT2D eigenvalue weighted by atomic mass is 10.1. The molecule has 0 aliphatic carbocycles. The van der Waals surface area contributed by atoms with Gasteiger partial charge in [-0.2, -0.15) is 0 Å². The minimum Gasteiger partial charge on any atom is -0.365 e. The van der Waals surface area contributed by atoms with E-state index in [1.165, 1.54) is 0 Å². The second-order valence-electron chi connectivity index (χ2n) is 4.15. The Labute approximate surface area is 115 Å². The zero-order valence-corrected chi connectivity index (χ0v) is 10.6. The minimum atomic E-state index is -0.775. The molecular formula is C14H14N4O2. The summed E-state index contributed by atoms with van der Waals surface area (Å²) in [5, 5.41) is 2.33. The summed E-state index contributed by atoms with van der Waals surface area (Å²) in [6.45, 7) is 3.68. The summed E-state index contributed by atoms with van der Waals surface area (Å²) in [6, 6.07) is 8.28. The van der Waals surface area contributed by atoms with E-state index in [4.69, 9.17) is 11.5 Å². The quantitative estimate of drug-likeness (QED) is 0.679. The number of aromatic amines is 1. The normalized spacial score (nSPS) is 10.0. The number of nitrogens with two attached hydrogens (primary N) is 2. The summed E-state index contributed by atoms with van der Waals surface area (Å²) in [4.78, 5) is 25.2. The Balaban J connectivity index is 2.43. The average molecular weight is 270 g/mol. The van der Waals surface area contributed by atoms with Gasteiger partial charge in [0, 0.05) is 5.69 Å². The van der Waals surface area contributed by atoms with Gasteiger partial charge in [0.25, 0.3) is 5.91 Å². The lowest BCUT2D eigenvalue weighted by Gasteiger charge is -2.01. The molecule has 6 N–H and O–H groups in total. The minimum absolute atomic E-state index is 0.173. The molecule has 1 aromatic heterocycles. The van der Waals surface area contributed by atoms with Crippen molar-refractivity contribution in [2.45, 2.75) is 0 Å². The predicted molar refractivity (Wildman–Crippen MR) is 78.0 cm³/mol. The number of urea groups is 1. The number of amides is 3. The molecule has 6 heteroatoms. The molecule has 0 aliphatic rings. The first-order valence-electron chi connectivity index (χ1n) is 5.83. The third kappa shape index (κ3) is 2.69. The highest BCUT2D eigenvalue weighted by Gasteiger charge is 2.15. The van der Waals surface area contributed by atoms with Crippen molar-refractivity contribution in [1.82, 2.24) is 4.98 Å². The van der Waals surface area contributed by atoms with Crippen LogP contribution in [0.3, 0.4) is 0 Å². The van der Waals surface area contributed by atoms with Crippen molar-refractivity contribution in [3.05, 3.63) is 48.0 Å². The van der Waals surface area contributed by atoms with Crippen LogP contribution in [-0.2, 0) is 0 Å². The number of hydrogen-bond acceptors (Lipinski definition) is 2. The molecule has 0 aliphatic heterocycles. The third-order valence-corrected chi connectivity index (χ3v) is 2.79. The molecule has 0 fully saturated rings. The molecule has 3 amide bonds. The Hall–Kier alpha value is -3.02. The number of carbonyl (C=O) groups is 2. The van der Waals surface area contributed by atoms with E-state index in [1.54, 1.807) is 12.1 Å². The SMILES string of the molecule is C=Cc1ccc(-c2cc(C(N)=O)c(NC(N)=O)[nH]2)cc1. The van der Waals surface area contributed by atoms with Crippen LogP contribution in [0.2, 0.25) is 0 Å². The van der Waals surface area contributed by atoms with Crippen LogP contribution in [0.4, 0.5) is 10.6 Å². The van der Waals surface area contributed by atoms with E-state index < -0.39 is 11.9 Å². The largest absolute Gasteiger partial charge is 0.365 e. The molecule has 102 valence electrons. The zero-order valence-electron chi connectivity index (χ0n) is 10.6. The number of anilines is 1. The van der Waals surface area contributed by atoms with E-state index in [2.05, 4.69) is 16.9 Å². The maximum Gasteiger partial charge on any atom is 0.317 e. The monoisotopic (exact) mass is 270 g/mol. The fourth-order valence-electron chi connectivity index (χ4n) is 1.82. The summed E-state index contributed by atoms with van der Waals surface area (Å²) in [5.74, 6) is -0.466. The van der Waals surface area contributed by atoms with E-state index >= 15 is 0 Å². The molecule has 0 spiro atoms. The lowest BCUT2D eigenvalue weighted by Crippen LogP contribution is -2.22. The molecule has 0 atom stereocenters. The smallest absolute Gasteiger partial charge is 0.317 e. The molecule has 0 saturated carbocycles. The Morgan fingerprint density at radius 1 is 1.20 bits per heavy atom. The Kier molecular flexibility index (Phi) is 3.56. The van der Waals surface area contributed by atoms with Crippen molar-refractivity contribution in [2.75, 3.05) is 5.32 Å². The number of aromatic nitrogens is 1. The van der Waals surface area contributed by atoms with Crippen LogP contribution in [0, 0.1) is 0 Å². The molecule has 0 saturated heterocycles. The van der Waals surface area contributed by atoms with E-state index in [9.17, 15) is 9.59 Å². The summed E-state index contributed by atoms with van der Waals surface area (Å²) >= 11 is 0. The lowest BCUT2D eigenvalue weighted by molar-refractivity contribution is 0.100. The van der Waals surface area contributed by atoms with Gasteiger partial charge in [-0.3, -0.25) is 10.1 Å². The summed E-state index contributed by atoms with van der Waals surface area (Å²) in [7, 11) is 0. The van der Waals surface area contributed by atoms with Gasteiger partial charge in [-0.1, -0.05) is 36.9 Å². The van der Waals surface area contributed by atoms with Crippen LogP contribution >= 0.6 is 0 Å². The van der Waals surface area contributed by atoms with Gasteiger partial charge in [0.1, 0.15) is 5.82 Å². The van der Waals surface area contributed by atoms with E-state index in [1.807, 2.05) is 24.3 Å². The third-order valence-electron chi connectivity index (χ3n) is 2.79. The van der Waals surface area contributed by atoms with Crippen LogP contribution in [0.15, 0.2) is 36.9 Å². The Bertz CT molecular complexity index is 671. The second-order valence-corrected chi connectivity index (χ2v) is 4.15. The molecule has 0 radical (unpaired) electrons. The van der Waals surface area contributed by atoms with Crippen LogP contribution in [0.5, 0.6) is 0 Å². The first-order chi connectivity index (χ1) is 9.51. The number of H-pyrrole nitrogens is 1. The van der Waals surface area contributed by atoms with Crippen molar-refractivity contribution in [3.8, 4) is 11.3 Å². The molecule has 1 heterocycles. The molecular weight excluding hydrogens is 256 g/mol. The predicted octanol–water partition coefficient (Wildman–Crippen LogP) is 1.91. The van der Waals surface area contributed by atoms with Crippen LogP contribution < -0.4 is 16.8 Å². The van der Waals surface area contributed by atoms with E-state index in [-0.39, 0.29) is 11.4 Å². The van der Waals surface area contributed by atoms with Crippen LogP contribution in [-0.4, -0.2) is 16.9 Å². The Morgan fingerprint density at radius 2 is 1.85 bits per heavy atom. The zero-order chi connectivity index (χ0) is 14.7. The van der Waals surface area contributed by atoms with E-state index in [0.717, 1.165) is 11.1 Å². The van der Waals surface area contributed by atoms with Gasteiger partial charge in [-0.25, -0.2) is 4.79 Å². The fraction of sp³-hybridized carbons (Fsp3) is 0. The maximum atomic E-state index is 11.3. The van der Waals surface area contributed by atoms with Gasteiger partial charge in [0.15, 0.2) is 0 Å². The maximum absolute atomic E-state index is 11.3. The number of primary amides is 2. The average Bonchev–Trinajstić information content (AvgIpc) is 2.82. The van der Waals surface area contributed by atoms with Gasteiger partial charge in [0.05, 0.1) is 5.56 Å². The van der Waals surface area contributed by atoms with Crippen molar-refractivity contribution in [3.63, 3.8) is 0 Å². The summed E-state index contributed by atoms with van der Waals surface area (Å²) in [5.41, 5.74) is 13.0. The molecule has 2 aromatic rings. The molecule has 2 rings (SSSR count). The topological polar surface area (TPSA) is 114 Å². The summed E-state index contributed by atoms with van der Waals surface area (Å²) in [6.07, 6.45) is 1.73. The molecule has 1 aromatic carbocycles. The van der Waals surface area contributed by atoms with Crippen LogP contribution in [0.1, 0.15) is 15.9 Å². The van der Waals surface area contributed by atoms with Crippen molar-refractivity contribution in [2.24, 2.45) is 11.5 Å². The van der Waals surface area contributed by atoms with Gasteiger partial charge >= 0.3 is 6.03 Å². The van der Waals surface area contributed by atoms with Gasteiger partial charge < -0.3 is 16.5 Å². The Morgan fingerprint density at radius 3 is 2.35 bits per heavy atom. The number of hydrogen-bond donors (Lipinski definition) is 4. The van der Waals surface area contributed by atoms with Crippen molar-refractivity contribution < 1.29 is 9.59 Å². The number of benzene rings is 1. The van der Waals surface area contributed by atoms with Crippen LogP contribution in [0.25, 0.3) is 17.3 Å². The first kappa shape index (κ1) is 13.4. The first-order valence-corrected chi connectivity index (χ1v) is 5.83. The molecule has 0 unspecified atom stereocenters. The van der Waals surface area contributed by atoms with Gasteiger partial charge in [-0.15, -0.1) is 0 Å². The molecule has 0 bridgehead atoms. The van der Waals surface area contributed by atoms with Crippen molar-refractivity contribution in [1.29, 1.82) is 0 Å². The number of nitrogens with one attached hydrogen (secondary N) is 2. The standard InChI is InChI=1S/C14H14N4O2/c1-2-8-3-5-9(6-4-8)11-7-10(12(15)19)13(17-11)18-14(16)20/h2-7,17H,1H2,(H2,15,19)(H3,16,18,20). The molecule has 6 nitrogen and oxygen atoms in total. The highest BCUT2D eigenvalue weighted by molar-refractivity contribution is 6.03. The van der Waals surface area contributed by atoms with Gasteiger partial charge in [0.2, 0.25) is 0 Å². The summed E-state index contributed by atoms with van der Waals surface area (Å²) < 4.78 is 0. The van der Waals surface area contributed by atoms with E-state index in [0.29, 0.717) is 5.69 Å². The highest BCUT2D eigenvalue weighted by Crippen LogP contribution is 2.25. The number of carbonyl (C=O) groups excluding carboxylic acids is 2. The highest BCUT2D eigenvalue weighted by atomic mass is 16.2. The van der Waals surface area contributed by atoms with Crippen molar-refractivity contribution >= 4 is 23.8 Å². The second kappa shape index (κ2) is 5.31. The number of rotatable bonds is 4.